The summed E-state index contributed by atoms with van der Waals surface area (Å²) in [5, 5.41) is 2.62. The Morgan fingerprint density at radius 2 is 2.09 bits per heavy atom. The molecule has 0 unspecified atom stereocenters. The number of nitrogens with zero attached hydrogens (tertiary/aromatic N) is 3. The van der Waals surface area contributed by atoms with Gasteiger partial charge in [0, 0.05) is 24.2 Å². The number of nitrogens with one attached hydrogen (secondary N) is 1. The van der Waals surface area contributed by atoms with Gasteiger partial charge in [0.15, 0.2) is 5.82 Å². The fourth-order valence-electron chi connectivity index (χ4n) is 1.96. The third-order valence-electron chi connectivity index (χ3n) is 3.00. The van der Waals surface area contributed by atoms with Crippen LogP contribution in [0.4, 0.5) is 4.39 Å². The van der Waals surface area contributed by atoms with Crippen LogP contribution in [0, 0.1) is 5.82 Å². The van der Waals surface area contributed by atoms with Crippen molar-refractivity contribution in [2.75, 3.05) is 0 Å². The first-order valence-electron chi connectivity index (χ1n) is 6.46. The molecule has 0 radical (unpaired) electrons. The summed E-state index contributed by atoms with van der Waals surface area (Å²) in [5.74, 6) is -1.21. The van der Waals surface area contributed by atoms with E-state index < -0.39 is 11.7 Å². The van der Waals surface area contributed by atoms with Crippen LogP contribution in [-0.4, -0.2) is 20.9 Å². The van der Waals surface area contributed by atoms with Gasteiger partial charge >= 0.3 is 0 Å². The van der Waals surface area contributed by atoms with Crippen LogP contribution in [0.2, 0.25) is 0 Å². The molecular weight excluding hydrogens is 287 g/mol. The number of hydrogen-bond acceptors (Lipinski definition) is 5. The normalized spacial score (nSPS) is 10.4. The van der Waals surface area contributed by atoms with Crippen molar-refractivity contribution in [1.29, 1.82) is 0 Å². The Balaban J connectivity index is 1.78. The summed E-state index contributed by atoms with van der Waals surface area (Å²) in [7, 11) is 0. The molecule has 0 saturated heterocycles. The minimum atomic E-state index is -0.672. The molecule has 0 bridgehead atoms. The highest BCUT2D eigenvalue weighted by Gasteiger charge is 2.13. The second-order valence-corrected chi connectivity index (χ2v) is 4.40. The molecule has 0 atom stereocenters. The van der Waals surface area contributed by atoms with Gasteiger partial charge in [0.05, 0.1) is 42.2 Å². The predicted octanol–water partition coefficient (Wildman–Crippen LogP) is 2.20. The second-order valence-electron chi connectivity index (χ2n) is 4.40. The first kappa shape index (κ1) is 13.9. The van der Waals surface area contributed by atoms with E-state index in [9.17, 15) is 9.18 Å². The number of pyridine rings is 1. The lowest BCUT2D eigenvalue weighted by Crippen LogP contribution is -2.24. The Morgan fingerprint density at radius 1 is 1.23 bits per heavy atom. The molecule has 7 heteroatoms. The second kappa shape index (κ2) is 6.13. The number of halogens is 1. The quantitative estimate of drug-likeness (QED) is 0.798. The molecule has 3 aromatic rings. The van der Waals surface area contributed by atoms with Crippen LogP contribution >= 0.6 is 0 Å². The summed E-state index contributed by atoms with van der Waals surface area (Å²) in [6, 6.07) is 3.07. The molecule has 3 aromatic heterocycles. The van der Waals surface area contributed by atoms with E-state index in [1.165, 1.54) is 31.0 Å². The minimum absolute atomic E-state index is 0.0660. The van der Waals surface area contributed by atoms with Gasteiger partial charge in [-0.2, -0.15) is 0 Å². The summed E-state index contributed by atoms with van der Waals surface area (Å²) in [6.45, 7) is 0.120. The highest BCUT2D eigenvalue weighted by Crippen LogP contribution is 2.19. The van der Waals surface area contributed by atoms with Crippen LogP contribution in [0.25, 0.3) is 11.3 Å². The van der Waals surface area contributed by atoms with Crippen molar-refractivity contribution in [1.82, 2.24) is 20.3 Å². The van der Waals surface area contributed by atoms with Gasteiger partial charge in [0.25, 0.3) is 5.91 Å². The molecule has 1 amide bonds. The van der Waals surface area contributed by atoms with Crippen LogP contribution in [-0.2, 0) is 6.54 Å². The largest absolute Gasteiger partial charge is 0.472 e. The van der Waals surface area contributed by atoms with Crippen molar-refractivity contribution in [3.8, 4) is 11.3 Å². The summed E-state index contributed by atoms with van der Waals surface area (Å²) < 4.78 is 18.5. The zero-order valence-electron chi connectivity index (χ0n) is 11.4. The molecule has 1 N–H and O–H groups in total. The van der Waals surface area contributed by atoms with Gasteiger partial charge in [-0.25, -0.2) is 4.39 Å². The lowest BCUT2D eigenvalue weighted by molar-refractivity contribution is 0.0946. The summed E-state index contributed by atoms with van der Waals surface area (Å²) in [5.41, 5.74) is 1.86. The summed E-state index contributed by atoms with van der Waals surface area (Å²) in [4.78, 5) is 24.0. The van der Waals surface area contributed by atoms with E-state index in [0.717, 1.165) is 11.8 Å². The Bertz CT molecular complexity index is 790. The van der Waals surface area contributed by atoms with E-state index in [1.807, 2.05) is 0 Å². The highest BCUT2D eigenvalue weighted by molar-refractivity contribution is 5.94. The number of aromatic nitrogens is 3. The van der Waals surface area contributed by atoms with Crippen LogP contribution in [0.1, 0.15) is 16.1 Å². The predicted molar refractivity (Wildman–Crippen MR) is 75.1 cm³/mol. The molecule has 6 nitrogen and oxygen atoms in total. The molecule has 0 spiro atoms. The number of carbonyl (C=O) groups excluding carboxylic acids is 1. The third-order valence-corrected chi connectivity index (χ3v) is 3.00. The first-order chi connectivity index (χ1) is 10.8. The van der Waals surface area contributed by atoms with Crippen LogP contribution in [0.5, 0.6) is 0 Å². The molecule has 0 aromatic carbocycles. The number of carbonyl (C=O) groups is 1. The van der Waals surface area contributed by atoms with Gasteiger partial charge in [0.2, 0.25) is 0 Å². The van der Waals surface area contributed by atoms with E-state index in [1.54, 1.807) is 12.3 Å². The molecular formula is C15H11FN4O2. The van der Waals surface area contributed by atoms with Crippen molar-refractivity contribution in [2.24, 2.45) is 0 Å². The van der Waals surface area contributed by atoms with Crippen molar-refractivity contribution in [3.63, 3.8) is 0 Å². The van der Waals surface area contributed by atoms with Gasteiger partial charge in [-0.05, 0) is 12.1 Å². The number of furan rings is 1. The fraction of sp³-hybridized carbons (Fsp3) is 0.0667. The van der Waals surface area contributed by atoms with Crippen LogP contribution in [0.15, 0.2) is 53.9 Å². The topological polar surface area (TPSA) is 80.9 Å². The fourth-order valence-corrected chi connectivity index (χ4v) is 1.96. The molecule has 22 heavy (non-hydrogen) atoms. The Hall–Kier alpha value is -3.09. The third kappa shape index (κ3) is 2.83. The lowest BCUT2D eigenvalue weighted by Gasteiger charge is -2.08. The maximum absolute atomic E-state index is 13.5. The zero-order valence-corrected chi connectivity index (χ0v) is 11.4. The van der Waals surface area contributed by atoms with Crippen molar-refractivity contribution in [2.45, 2.75) is 6.54 Å². The van der Waals surface area contributed by atoms with Crippen molar-refractivity contribution < 1.29 is 13.6 Å². The average molecular weight is 298 g/mol. The summed E-state index contributed by atoms with van der Waals surface area (Å²) in [6.07, 6.45) is 8.50. The number of rotatable bonds is 4. The van der Waals surface area contributed by atoms with Gasteiger partial charge in [-0.15, -0.1) is 0 Å². The zero-order chi connectivity index (χ0) is 15.4. The summed E-state index contributed by atoms with van der Waals surface area (Å²) >= 11 is 0. The van der Waals surface area contributed by atoms with Crippen LogP contribution < -0.4 is 5.32 Å². The highest BCUT2D eigenvalue weighted by atomic mass is 19.1. The molecule has 0 aliphatic carbocycles. The van der Waals surface area contributed by atoms with Crippen molar-refractivity contribution >= 4 is 5.91 Å². The van der Waals surface area contributed by atoms with Gasteiger partial charge < -0.3 is 9.73 Å². The molecule has 110 valence electrons. The Morgan fingerprint density at radius 3 is 2.86 bits per heavy atom. The average Bonchev–Trinajstić information content (AvgIpc) is 3.07. The van der Waals surface area contributed by atoms with Gasteiger partial charge in [0.1, 0.15) is 0 Å². The first-order valence-corrected chi connectivity index (χ1v) is 6.46. The Kier molecular flexibility index (Phi) is 3.86. The van der Waals surface area contributed by atoms with E-state index in [2.05, 4.69) is 20.3 Å². The number of amides is 1. The molecule has 3 heterocycles. The van der Waals surface area contributed by atoms with E-state index >= 15 is 0 Å². The van der Waals surface area contributed by atoms with E-state index in [-0.39, 0.29) is 12.1 Å². The van der Waals surface area contributed by atoms with Gasteiger partial charge in [-0.1, -0.05) is 0 Å². The van der Waals surface area contributed by atoms with E-state index in [4.69, 9.17) is 4.42 Å². The molecule has 0 aliphatic rings. The van der Waals surface area contributed by atoms with Gasteiger partial charge in [-0.3, -0.25) is 19.7 Å². The minimum Gasteiger partial charge on any atom is -0.472 e. The lowest BCUT2D eigenvalue weighted by atomic mass is 10.2. The Labute approximate surface area is 125 Å². The SMILES string of the molecule is O=C(NCc1nccnc1-c1ccoc1)c1ccncc1F. The van der Waals surface area contributed by atoms with Crippen molar-refractivity contribution in [3.05, 3.63) is 66.5 Å². The maximum atomic E-state index is 13.5. The standard InChI is InChI=1S/C15H11FN4O2/c16-12-7-17-3-1-11(12)15(21)20-8-13-14(19-5-4-18-13)10-2-6-22-9-10/h1-7,9H,8H2,(H,20,21). The maximum Gasteiger partial charge on any atom is 0.254 e. The molecule has 0 fully saturated rings. The van der Waals surface area contributed by atoms with E-state index in [0.29, 0.717) is 11.4 Å². The smallest absolute Gasteiger partial charge is 0.254 e. The monoisotopic (exact) mass is 298 g/mol. The molecule has 0 aliphatic heterocycles. The van der Waals surface area contributed by atoms with Crippen LogP contribution in [0.3, 0.4) is 0 Å². The molecule has 0 saturated carbocycles. The number of hydrogen-bond donors (Lipinski definition) is 1. The molecule has 3 rings (SSSR count).